The van der Waals surface area contributed by atoms with Crippen molar-refractivity contribution in [3.05, 3.63) is 23.9 Å². The highest BCUT2D eigenvalue weighted by atomic mass is 16.1. The Bertz CT molecular complexity index is 466. The summed E-state index contributed by atoms with van der Waals surface area (Å²) in [7, 11) is 4.17. The second-order valence-corrected chi connectivity index (χ2v) is 6.01. The molecule has 1 heterocycles. The van der Waals surface area contributed by atoms with E-state index in [1.54, 1.807) is 6.20 Å². The van der Waals surface area contributed by atoms with Gasteiger partial charge in [0.15, 0.2) is 0 Å². The summed E-state index contributed by atoms with van der Waals surface area (Å²) in [5, 5.41) is 6.25. The van der Waals surface area contributed by atoms with Gasteiger partial charge in [-0.25, -0.2) is 4.98 Å². The molecule has 5 nitrogen and oxygen atoms in total. The molecule has 1 aromatic rings. The van der Waals surface area contributed by atoms with Gasteiger partial charge >= 0.3 is 0 Å². The molecule has 0 saturated heterocycles. The van der Waals surface area contributed by atoms with E-state index in [1.807, 2.05) is 12.1 Å². The van der Waals surface area contributed by atoms with Crippen LogP contribution in [0.1, 0.15) is 43.0 Å². The average Bonchev–Trinajstić information content (AvgIpc) is 2.44. The molecular weight excluding hydrogens is 264 g/mol. The summed E-state index contributed by atoms with van der Waals surface area (Å²) < 4.78 is 0. The Labute approximate surface area is 127 Å². The van der Waals surface area contributed by atoms with Crippen LogP contribution >= 0.6 is 0 Å². The van der Waals surface area contributed by atoms with Crippen LogP contribution in [0.2, 0.25) is 0 Å². The number of pyridine rings is 1. The summed E-state index contributed by atoms with van der Waals surface area (Å²) in [5.74, 6) is 0.773. The molecule has 0 atom stereocenters. The van der Waals surface area contributed by atoms with Crippen LogP contribution in [0.4, 0.5) is 5.82 Å². The summed E-state index contributed by atoms with van der Waals surface area (Å²) in [5.41, 5.74) is 0.761. The summed E-state index contributed by atoms with van der Waals surface area (Å²) in [6, 6.07) is 3.68. The molecule has 1 aliphatic rings. The molecule has 1 amide bonds. The van der Waals surface area contributed by atoms with Crippen molar-refractivity contribution in [3.8, 4) is 0 Å². The van der Waals surface area contributed by atoms with E-state index in [9.17, 15) is 4.79 Å². The van der Waals surface area contributed by atoms with E-state index in [4.69, 9.17) is 0 Å². The minimum Gasteiger partial charge on any atom is -0.370 e. The van der Waals surface area contributed by atoms with Gasteiger partial charge < -0.3 is 15.5 Å². The van der Waals surface area contributed by atoms with Crippen LogP contribution in [0.3, 0.4) is 0 Å². The highest BCUT2D eigenvalue weighted by Gasteiger charge is 2.39. The summed E-state index contributed by atoms with van der Waals surface area (Å²) in [4.78, 5) is 18.7. The number of likely N-dealkylation sites (N-methyl/N-ethyl adjacent to an activating group) is 1. The molecule has 2 N–H and O–H groups in total. The third-order valence-electron chi connectivity index (χ3n) is 4.39. The smallest absolute Gasteiger partial charge is 0.252 e. The Morgan fingerprint density at radius 2 is 2.14 bits per heavy atom. The number of hydrogen-bond donors (Lipinski definition) is 2. The Hall–Kier alpha value is -1.62. The molecule has 116 valence electrons. The molecule has 1 aliphatic carbocycles. The van der Waals surface area contributed by atoms with Gasteiger partial charge in [-0.15, -0.1) is 0 Å². The topological polar surface area (TPSA) is 57.3 Å². The van der Waals surface area contributed by atoms with Crippen LogP contribution in [0.25, 0.3) is 0 Å². The fourth-order valence-electron chi connectivity index (χ4n) is 2.60. The maximum atomic E-state index is 12.2. The van der Waals surface area contributed by atoms with Gasteiger partial charge in [0, 0.05) is 24.8 Å². The van der Waals surface area contributed by atoms with Crippen molar-refractivity contribution < 1.29 is 4.79 Å². The van der Waals surface area contributed by atoms with E-state index < -0.39 is 0 Å². The zero-order valence-corrected chi connectivity index (χ0v) is 13.3. The third kappa shape index (κ3) is 3.73. The van der Waals surface area contributed by atoms with E-state index >= 15 is 0 Å². The SMILES string of the molecule is CCCNc1ccc(C(=O)NCC2(N(C)C)CCC2)cn1. The molecule has 2 rings (SSSR count). The quantitative estimate of drug-likeness (QED) is 0.807. The first-order chi connectivity index (χ1) is 10.1. The van der Waals surface area contributed by atoms with Crippen molar-refractivity contribution in [2.45, 2.75) is 38.1 Å². The van der Waals surface area contributed by atoms with Crippen molar-refractivity contribution >= 4 is 11.7 Å². The standard InChI is InChI=1S/C16H26N4O/c1-4-10-17-14-7-6-13(11-18-14)15(21)19-12-16(20(2)3)8-5-9-16/h6-7,11H,4-5,8-10,12H2,1-3H3,(H,17,18)(H,19,21). The number of aromatic nitrogens is 1. The van der Waals surface area contributed by atoms with Gasteiger partial charge in [-0.05, 0) is 51.9 Å². The average molecular weight is 290 g/mol. The van der Waals surface area contributed by atoms with Gasteiger partial charge in [0.25, 0.3) is 5.91 Å². The summed E-state index contributed by atoms with van der Waals surface area (Å²) >= 11 is 0. The Balaban J connectivity index is 1.88. The first-order valence-electron chi connectivity index (χ1n) is 7.73. The Kier molecular flexibility index (Phi) is 5.17. The van der Waals surface area contributed by atoms with Gasteiger partial charge in [-0.1, -0.05) is 6.92 Å². The lowest BCUT2D eigenvalue weighted by atomic mass is 9.75. The molecule has 1 aromatic heterocycles. The molecule has 1 saturated carbocycles. The lowest BCUT2D eigenvalue weighted by Crippen LogP contribution is -2.57. The van der Waals surface area contributed by atoms with Crippen LogP contribution in [0.15, 0.2) is 18.3 Å². The molecule has 0 aliphatic heterocycles. The number of nitrogens with zero attached hydrogens (tertiary/aromatic N) is 2. The van der Waals surface area contributed by atoms with Crippen LogP contribution in [0, 0.1) is 0 Å². The fraction of sp³-hybridized carbons (Fsp3) is 0.625. The van der Waals surface area contributed by atoms with Crippen molar-refractivity contribution in [1.29, 1.82) is 0 Å². The first kappa shape index (κ1) is 15.8. The van der Waals surface area contributed by atoms with E-state index in [0.29, 0.717) is 12.1 Å². The fourth-order valence-corrected chi connectivity index (χ4v) is 2.60. The summed E-state index contributed by atoms with van der Waals surface area (Å²) in [6.45, 7) is 3.70. The molecule has 0 bridgehead atoms. The third-order valence-corrected chi connectivity index (χ3v) is 4.39. The van der Waals surface area contributed by atoms with Crippen molar-refractivity contribution in [3.63, 3.8) is 0 Å². The number of anilines is 1. The van der Waals surface area contributed by atoms with Crippen molar-refractivity contribution in [2.75, 3.05) is 32.5 Å². The zero-order valence-electron chi connectivity index (χ0n) is 13.3. The minimum atomic E-state index is -0.0438. The molecule has 0 unspecified atom stereocenters. The van der Waals surface area contributed by atoms with Crippen LogP contribution in [-0.4, -0.2) is 48.5 Å². The van der Waals surface area contributed by atoms with Gasteiger partial charge in [0.2, 0.25) is 0 Å². The van der Waals surface area contributed by atoms with Crippen LogP contribution in [-0.2, 0) is 0 Å². The van der Waals surface area contributed by atoms with E-state index in [0.717, 1.165) is 31.6 Å². The second kappa shape index (κ2) is 6.89. The summed E-state index contributed by atoms with van der Waals surface area (Å²) in [6.07, 6.45) is 6.23. The lowest BCUT2D eigenvalue weighted by Gasteiger charge is -2.47. The van der Waals surface area contributed by atoms with Crippen LogP contribution < -0.4 is 10.6 Å². The Morgan fingerprint density at radius 1 is 1.38 bits per heavy atom. The highest BCUT2D eigenvalue weighted by Crippen LogP contribution is 2.35. The number of carbonyl (C=O) groups is 1. The minimum absolute atomic E-state index is 0.0438. The number of amides is 1. The molecule has 1 fully saturated rings. The van der Waals surface area contributed by atoms with Crippen LogP contribution in [0.5, 0.6) is 0 Å². The van der Waals surface area contributed by atoms with Gasteiger partial charge in [-0.3, -0.25) is 4.79 Å². The zero-order chi connectivity index (χ0) is 15.3. The molecule has 0 aromatic carbocycles. The van der Waals surface area contributed by atoms with Gasteiger partial charge in [0.05, 0.1) is 5.56 Å². The molecule has 0 radical (unpaired) electrons. The molecular formula is C16H26N4O. The number of nitrogens with one attached hydrogen (secondary N) is 2. The number of rotatable bonds is 7. The van der Waals surface area contributed by atoms with Gasteiger partial charge in [0.1, 0.15) is 5.82 Å². The maximum absolute atomic E-state index is 12.2. The maximum Gasteiger partial charge on any atom is 0.252 e. The van der Waals surface area contributed by atoms with E-state index in [1.165, 1.54) is 6.42 Å². The molecule has 21 heavy (non-hydrogen) atoms. The van der Waals surface area contributed by atoms with Gasteiger partial charge in [-0.2, -0.15) is 0 Å². The normalized spacial score (nSPS) is 16.4. The predicted molar refractivity (Wildman–Crippen MR) is 85.6 cm³/mol. The number of carbonyl (C=O) groups excluding carboxylic acids is 1. The second-order valence-electron chi connectivity index (χ2n) is 6.01. The largest absolute Gasteiger partial charge is 0.370 e. The van der Waals surface area contributed by atoms with Crippen molar-refractivity contribution in [2.24, 2.45) is 0 Å². The van der Waals surface area contributed by atoms with E-state index in [2.05, 4.69) is 41.5 Å². The predicted octanol–water partition coefficient (Wildman–Crippen LogP) is 2.12. The first-order valence-corrected chi connectivity index (χ1v) is 7.73. The highest BCUT2D eigenvalue weighted by molar-refractivity contribution is 5.94. The molecule has 0 spiro atoms. The van der Waals surface area contributed by atoms with Crippen molar-refractivity contribution in [1.82, 2.24) is 15.2 Å². The Morgan fingerprint density at radius 3 is 2.62 bits per heavy atom. The van der Waals surface area contributed by atoms with E-state index in [-0.39, 0.29) is 11.4 Å². The lowest BCUT2D eigenvalue weighted by molar-refractivity contribution is 0.0557. The number of hydrogen-bond acceptors (Lipinski definition) is 4. The molecule has 5 heteroatoms. The monoisotopic (exact) mass is 290 g/mol.